The van der Waals surface area contributed by atoms with Crippen LogP contribution in [0.3, 0.4) is 0 Å². The molecule has 3 aromatic rings. The van der Waals surface area contributed by atoms with E-state index >= 15 is 0 Å². The monoisotopic (exact) mass is 445 g/mol. The number of halogens is 2. The van der Waals surface area contributed by atoms with Crippen LogP contribution in [0.5, 0.6) is 11.5 Å². The maximum absolute atomic E-state index is 14.4. The Balaban J connectivity index is 1.74. The molecule has 2 atom stereocenters. The summed E-state index contributed by atoms with van der Waals surface area (Å²) in [4.78, 5) is 19.6. The van der Waals surface area contributed by atoms with E-state index in [-0.39, 0.29) is 36.2 Å². The summed E-state index contributed by atoms with van der Waals surface area (Å²) in [6.45, 7) is 4.88. The average molecular weight is 446 g/mol. The quantitative estimate of drug-likeness (QED) is 0.572. The molecule has 0 saturated carbocycles. The van der Waals surface area contributed by atoms with E-state index in [1.807, 2.05) is 18.7 Å². The summed E-state index contributed by atoms with van der Waals surface area (Å²) in [5.41, 5.74) is 1.29. The molecular weight excluding hydrogens is 425 g/mol. The number of anilines is 1. The van der Waals surface area contributed by atoms with Crippen LogP contribution in [-0.4, -0.2) is 45.8 Å². The average Bonchev–Trinajstić information content (AvgIpc) is 3.09. The number of fused-ring (bicyclic) bond motifs is 1. The van der Waals surface area contributed by atoms with Gasteiger partial charge in [0.1, 0.15) is 23.2 Å². The van der Waals surface area contributed by atoms with Crippen LogP contribution in [0.2, 0.25) is 5.02 Å². The molecule has 0 fully saturated rings. The Labute approximate surface area is 182 Å². The van der Waals surface area contributed by atoms with E-state index in [1.165, 1.54) is 16.8 Å². The predicted octanol–water partition coefficient (Wildman–Crippen LogP) is 3.21. The van der Waals surface area contributed by atoms with Crippen molar-refractivity contribution >= 4 is 29.0 Å². The van der Waals surface area contributed by atoms with Gasteiger partial charge in [0.15, 0.2) is 17.2 Å². The third-order valence-electron chi connectivity index (χ3n) is 5.64. The van der Waals surface area contributed by atoms with Crippen molar-refractivity contribution in [2.24, 2.45) is 0 Å². The summed E-state index contributed by atoms with van der Waals surface area (Å²) in [6, 6.07) is 2.87. The lowest BCUT2D eigenvalue weighted by molar-refractivity contribution is 0.0933. The third kappa shape index (κ3) is 3.42. The summed E-state index contributed by atoms with van der Waals surface area (Å²) in [5.74, 6) is 0.726. The number of ether oxygens (including phenoxy) is 2. The van der Waals surface area contributed by atoms with Gasteiger partial charge in [0.25, 0.3) is 5.91 Å². The van der Waals surface area contributed by atoms with E-state index in [1.54, 1.807) is 12.3 Å². The highest BCUT2D eigenvalue weighted by molar-refractivity contribution is 6.31. The van der Waals surface area contributed by atoms with Gasteiger partial charge in [-0.1, -0.05) is 11.6 Å². The molecule has 5 rings (SSSR count). The van der Waals surface area contributed by atoms with Gasteiger partial charge >= 0.3 is 0 Å². The molecule has 2 aliphatic heterocycles. The first-order valence-electron chi connectivity index (χ1n) is 10.1. The Kier molecular flexibility index (Phi) is 4.85. The van der Waals surface area contributed by atoms with Crippen LogP contribution in [-0.2, 0) is 6.54 Å². The molecule has 0 unspecified atom stereocenters. The molecule has 1 amide bonds. The number of carbonyl (C=O) groups is 1. The largest absolute Gasteiger partial charge is 0.488 e. The van der Waals surface area contributed by atoms with E-state index in [0.717, 1.165) is 6.42 Å². The predicted molar refractivity (Wildman–Crippen MR) is 113 cm³/mol. The lowest BCUT2D eigenvalue weighted by Gasteiger charge is -2.30. The zero-order valence-corrected chi connectivity index (χ0v) is 17.8. The van der Waals surface area contributed by atoms with Crippen molar-refractivity contribution in [3.63, 3.8) is 0 Å². The fourth-order valence-corrected chi connectivity index (χ4v) is 4.10. The van der Waals surface area contributed by atoms with Gasteiger partial charge in [-0.05, 0) is 26.0 Å². The van der Waals surface area contributed by atoms with Crippen molar-refractivity contribution in [1.82, 2.24) is 19.9 Å². The summed E-state index contributed by atoms with van der Waals surface area (Å²) >= 11 is 6.39. The van der Waals surface area contributed by atoms with Gasteiger partial charge in [-0.2, -0.15) is 5.10 Å². The summed E-state index contributed by atoms with van der Waals surface area (Å²) < 4.78 is 27.9. The van der Waals surface area contributed by atoms with Crippen LogP contribution in [0.15, 0.2) is 24.5 Å². The van der Waals surface area contributed by atoms with Crippen LogP contribution < -0.4 is 19.7 Å². The second kappa shape index (κ2) is 7.56. The molecule has 31 heavy (non-hydrogen) atoms. The molecule has 0 radical (unpaired) electrons. The van der Waals surface area contributed by atoms with Gasteiger partial charge in [0.2, 0.25) is 0 Å². The Hall–Kier alpha value is -3.07. The molecule has 8 nitrogen and oxygen atoms in total. The van der Waals surface area contributed by atoms with Crippen LogP contribution in [0.25, 0.3) is 5.65 Å². The van der Waals surface area contributed by atoms with Gasteiger partial charge in [0.05, 0.1) is 37.1 Å². The van der Waals surface area contributed by atoms with Crippen molar-refractivity contribution in [2.75, 3.05) is 18.1 Å². The molecule has 162 valence electrons. The molecule has 0 saturated heterocycles. The molecule has 1 aromatic carbocycles. The second-order valence-electron chi connectivity index (χ2n) is 7.85. The smallest absolute Gasteiger partial charge is 0.256 e. The second-order valence-corrected chi connectivity index (χ2v) is 8.22. The zero-order valence-electron chi connectivity index (χ0n) is 17.1. The van der Waals surface area contributed by atoms with Crippen molar-refractivity contribution in [1.29, 1.82) is 0 Å². The number of hydrogen-bond donors (Lipinski definition) is 1. The van der Waals surface area contributed by atoms with Crippen molar-refractivity contribution < 1.29 is 18.7 Å². The zero-order chi connectivity index (χ0) is 21.7. The van der Waals surface area contributed by atoms with Gasteiger partial charge < -0.3 is 19.7 Å². The van der Waals surface area contributed by atoms with Gasteiger partial charge in [-0.3, -0.25) is 4.79 Å². The minimum atomic E-state index is -0.519. The van der Waals surface area contributed by atoms with Gasteiger partial charge in [0, 0.05) is 18.0 Å². The molecule has 0 aliphatic carbocycles. The van der Waals surface area contributed by atoms with E-state index < -0.39 is 5.82 Å². The highest BCUT2D eigenvalue weighted by atomic mass is 35.5. The molecule has 2 aromatic heterocycles. The lowest BCUT2D eigenvalue weighted by atomic mass is 10.1. The third-order valence-corrected chi connectivity index (χ3v) is 6.05. The van der Waals surface area contributed by atoms with E-state index in [0.29, 0.717) is 40.7 Å². The number of amides is 1. The van der Waals surface area contributed by atoms with Crippen LogP contribution in [0.4, 0.5) is 10.2 Å². The van der Waals surface area contributed by atoms with E-state index in [9.17, 15) is 9.18 Å². The van der Waals surface area contributed by atoms with Crippen molar-refractivity contribution in [2.45, 2.75) is 39.0 Å². The lowest BCUT2D eigenvalue weighted by Crippen LogP contribution is -2.34. The SMILES string of the molecule is C[C@@H]1CCOc2cn3ncc4c3nc2N1Cc1c(ccc(F)c1Cl)O[C@@H](C)CNC4=O. The number of hydrogen-bond acceptors (Lipinski definition) is 6. The minimum Gasteiger partial charge on any atom is -0.488 e. The summed E-state index contributed by atoms with van der Waals surface area (Å²) in [5, 5.41) is 7.12. The van der Waals surface area contributed by atoms with Crippen LogP contribution in [0, 0.1) is 5.82 Å². The summed E-state index contributed by atoms with van der Waals surface area (Å²) in [7, 11) is 0. The number of nitrogens with one attached hydrogen (secondary N) is 1. The number of aromatic nitrogens is 3. The Morgan fingerprint density at radius 3 is 2.97 bits per heavy atom. The molecule has 2 aliphatic rings. The van der Waals surface area contributed by atoms with E-state index in [2.05, 4.69) is 10.4 Å². The molecule has 0 spiro atoms. The molecule has 4 heterocycles. The maximum atomic E-state index is 14.4. The fraction of sp³-hybridized carbons (Fsp3) is 0.381. The molecule has 2 bridgehead atoms. The van der Waals surface area contributed by atoms with Gasteiger partial charge in [-0.15, -0.1) is 0 Å². The Morgan fingerprint density at radius 1 is 1.29 bits per heavy atom. The Morgan fingerprint density at radius 2 is 2.13 bits per heavy atom. The van der Waals surface area contributed by atoms with Crippen LogP contribution >= 0.6 is 11.6 Å². The van der Waals surface area contributed by atoms with Gasteiger partial charge in [-0.25, -0.2) is 13.9 Å². The molecule has 10 heteroatoms. The first kappa shape index (κ1) is 19.9. The normalized spacial score (nSPS) is 21.2. The standard InChI is InChI=1S/C21H21ClFN5O3/c1-11-5-6-30-17-10-28-19-13(8-25-28)21(29)24-7-12(2)31-16-4-3-15(23)18(22)14(16)9-27(11)20(17)26-19/h3-4,8,10-12H,5-7,9H2,1-2H3,(H,24,29)/t11-,12+/m1/s1. The Bertz CT molecular complexity index is 1180. The fourth-order valence-electron chi connectivity index (χ4n) is 3.88. The number of rotatable bonds is 0. The highest BCUT2D eigenvalue weighted by Crippen LogP contribution is 2.37. The first-order chi connectivity index (χ1) is 14.9. The number of carbonyl (C=O) groups excluding carboxylic acids is 1. The topological polar surface area (TPSA) is 81.0 Å². The summed E-state index contributed by atoms with van der Waals surface area (Å²) in [6.07, 6.45) is 3.56. The minimum absolute atomic E-state index is 0.00800. The first-order valence-corrected chi connectivity index (χ1v) is 10.5. The number of nitrogens with zero attached hydrogens (tertiary/aromatic N) is 4. The van der Waals surface area contributed by atoms with Crippen LogP contribution in [0.1, 0.15) is 36.2 Å². The van der Waals surface area contributed by atoms with E-state index in [4.69, 9.17) is 26.1 Å². The number of benzene rings is 1. The maximum Gasteiger partial charge on any atom is 0.256 e. The van der Waals surface area contributed by atoms with Crippen molar-refractivity contribution in [3.8, 4) is 11.5 Å². The highest BCUT2D eigenvalue weighted by Gasteiger charge is 2.29. The molecule has 1 N–H and O–H groups in total. The van der Waals surface area contributed by atoms with Crippen molar-refractivity contribution in [3.05, 3.63) is 46.5 Å². The molecular formula is C21H21ClFN5O3.